The predicted molar refractivity (Wildman–Crippen MR) is 84.1 cm³/mol. The van der Waals surface area contributed by atoms with Crippen molar-refractivity contribution in [3.63, 3.8) is 0 Å². The summed E-state index contributed by atoms with van der Waals surface area (Å²) in [5.74, 6) is 0.370. The largest absolute Gasteiger partial charge is 0.314 e. The first-order valence-corrected chi connectivity index (χ1v) is 7.81. The topological polar surface area (TPSA) is 29.1 Å². The van der Waals surface area contributed by atoms with Gasteiger partial charge in [0.15, 0.2) is 0 Å². The Balaban J connectivity index is 2.02. The SMILES string of the molecule is CNC1(CC(=O)Cc2cc(C)ccc2C)CCCCC1. The van der Waals surface area contributed by atoms with Gasteiger partial charge in [-0.1, -0.05) is 43.0 Å². The molecule has 110 valence electrons. The highest BCUT2D eigenvalue weighted by Gasteiger charge is 2.32. The van der Waals surface area contributed by atoms with Gasteiger partial charge in [0.25, 0.3) is 0 Å². The summed E-state index contributed by atoms with van der Waals surface area (Å²) in [7, 11) is 2.01. The number of aryl methyl sites for hydroxylation is 2. The van der Waals surface area contributed by atoms with Crippen LogP contribution >= 0.6 is 0 Å². The Morgan fingerprint density at radius 2 is 1.90 bits per heavy atom. The molecule has 0 amide bonds. The van der Waals surface area contributed by atoms with Gasteiger partial charge in [-0.25, -0.2) is 0 Å². The molecule has 2 nitrogen and oxygen atoms in total. The molecule has 1 fully saturated rings. The van der Waals surface area contributed by atoms with Crippen molar-refractivity contribution < 1.29 is 4.79 Å². The van der Waals surface area contributed by atoms with Gasteiger partial charge in [-0.3, -0.25) is 4.79 Å². The first kappa shape index (κ1) is 15.2. The van der Waals surface area contributed by atoms with E-state index < -0.39 is 0 Å². The van der Waals surface area contributed by atoms with Crippen LogP contribution in [0.15, 0.2) is 18.2 Å². The standard InChI is InChI=1S/C18H27NO/c1-14-7-8-15(2)16(11-14)12-17(20)13-18(19-3)9-5-4-6-10-18/h7-8,11,19H,4-6,9-10,12-13H2,1-3H3. The van der Waals surface area contributed by atoms with Crippen LogP contribution in [0.3, 0.4) is 0 Å². The Kier molecular flexibility index (Phi) is 4.98. The van der Waals surface area contributed by atoms with E-state index in [-0.39, 0.29) is 5.54 Å². The molecule has 1 saturated carbocycles. The summed E-state index contributed by atoms with van der Waals surface area (Å²) in [6.45, 7) is 4.18. The molecule has 1 N–H and O–H groups in total. The maximum atomic E-state index is 12.5. The molecular weight excluding hydrogens is 246 g/mol. The normalized spacial score (nSPS) is 17.9. The van der Waals surface area contributed by atoms with E-state index in [4.69, 9.17) is 0 Å². The zero-order valence-electron chi connectivity index (χ0n) is 13.1. The third kappa shape index (κ3) is 3.69. The molecule has 0 radical (unpaired) electrons. The summed E-state index contributed by atoms with van der Waals surface area (Å²) in [5.41, 5.74) is 3.72. The van der Waals surface area contributed by atoms with E-state index in [1.165, 1.54) is 36.0 Å². The molecule has 2 rings (SSSR count). The van der Waals surface area contributed by atoms with Gasteiger partial charge in [-0.05, 0) is 44.9 Å². The number of Topliss-reactive ketones (excluding diaryl/α,β-unsaturated/α-hetero) is 1. The second-order valence-electron chi connectivity index (χ2n) is 6.41. The number of hydrogen-bond donors (Lipinski definition) is 1. The van der Waals surface area contributed by atoms with Crippen LogP contribution in [0.2, 0.25) is 0 Å². The minimum atomic E-state index is 0.0626. The molecule has 0 atom stereocenters. The molecule has 2 heteroatoms. The summed E-state index contributed by atoms with van der Waals surface area (Å²) in [5, 5.41) is 3.44. The lowest BCUT2D eigenvalue weighted by Crippen LogP contribution is -2.46. The third-order valence-corrected chi connectivity index (χ3v) is 4.77. The van der Waals surface area contributed by atoms with Crippen molar-refractivity contribution in [2.45, 2.75) is 64.3 Å². The molecular formula is C18H27NO. The molecule has 0 saturated heterocycles. The van der Waals surface area contributed by atoms with Gasteiger partial charge in [0.1, 0.15) is 5.78 Å². The minimum absolute atomic E-state index is 0.0626. The Morgan fingerprint density at radius 1 is 1.20 bits per heavy atom. The summed E-state index contributed by atoms with van der Waals surface area (Å²) in [4.78, 5) is 12.5. The molecule has 1 aromatic rings. The quantitative estimate of drug-likeness (QED) is 0.885. The molecule has 0 aliphatic heterocycles. The van der Waals surface area contributed by atoms with Crippen LogP contribution in [-0.2, 0) is 11.2 Å². The smallest absolute Gasteiger partial charge is 0.139 e. The zero-order chi connectivity index (χ0) is 14.6. The number of rotatable bonds is 5. The Bertz CT molecular complexity index is 472. The van der Waals surface area contributed by atoms with E-state index >= 15 is 0 Å². The molecule has 1 aliphatic rings. The summed E-state index contributed by atoms with van der Waals surface area (Å²) in [6.07, 6.45) is 7.35. The number of benzene rings is 1. The van der Waals surface area contributed by atoms with Crippen molar-refractivity contribution in [1.29, 1.82) is 0 Å². The maximum absolute atomic E-state index is 12.5. The number of carbonyl (C=O) groups excluding carboxylic acids is 1. The minimum Gasteiger partial charge on any atom is -0.314 e. The van der Waals surface area contributed by atoms with Crippen molar-refractivity contribution in [3.8, 4) is 0 Å². The number of nitrogens with one attached hydrogen (secondary N) is 1. The molecule has 0 unspecified atom stereocenters. The first-order valence-electron chi connectivity index (χ1n) is 7.81. The highest BCUT2D eigenvalue weighted by Crippen LogP contribution is 2.31. The van der Waals surface area contributed by atoms with E-state index in [9.17, 15) is 4.79 Å². The van der Waals surface area contributed by atoms with Crippen LogP contribution < -0.4 is 5.32 Å². The molecule has 0 bridgehead atoms. The predicted octanol–water partition coefficient (Wildman–Crippen LogP) is 3.73. The Morgan fingerprint density at radius 3 is 2.55 bits per heavy atom. The van der Waals surface area contributed by atoms with Crippen LogP contribution in [0.5, 0.6) is 0 Å². The monoisotopic (exact) mass is 273 g/mol. The van der Waals surface area contributed by atoms with E-state index in [0.717, 1.165) is 12.8 Å². The molecule has 0 aromatic heterocycles. The van der Waals surface area contributed by atoms with Gasteiger partial charge in [0.05, 0.1) is 0 Å². The number of carbonyl (C=O) groups is 1. The second-order valence-corrected chi connectivity index (χ2v) is 6.41. The first-order chi connectivity index (χ1) is 9.54. The summed E-state index contributed by atoms with van der Waals surface area (Å²) >= 11 is 0. The van der Waals surface area contributed by atoms with Gasteiger partial charge in [0, 0.05) is 18.4 Å². The maximum Gasteiger partial charge on any atom is 0.139 e. The van der Waals surface area contributed by atoms with E-state index in [0.29, 0.717) is 18.6 Å². The van der Waals surface area contributed by atoms with Gasteiger partial charge in [0.2, 0.25) is 0 Å². The molecule has 1 aliphatic carbocycles. The van der Waals surface area contributed by atoms with Gasteiger partial charge in [-0.2, -0.15) is 0 Å². The van der Waals surface area contributed by atoms with Crippen molar-refractivity contribution in [1.82, 2.24) is 5.32 Å². The zero-order valence-corrected chi connectivity index (χ0v) is 13.1. The molecule has 20 heavy (non-hydrogen) atoms. The fourth-order valence-electron chi connectivity index (χ4n) is 3.39. The van der Waals surface area contributed by atoms with Crippen molar-refractivity contribution >= 4 is 5.78 Å². The van der Waals surface area contributed by atoms with Crippen LogP contribution in [0.4, 0.5) is 0 Å². The van der Waals surface area contributed by atoms with E-state index in [2.05, 4.69) is 37.4 Å². The highest BCUT2D eigenvalue weighted by atomic mass is 16.1. The van der Waals surface area contributed by atoms with Crippen LogP contribution in [0, 0.1) is 13.8 Å². The van der Waals surface area contributed by atoms with Gasteiger partial charge < -0.3 is 5.32 Å². The molecule has 1 aromatic carbocycles. The molecule has 0 spiro atoms. The van der Waals surface area contributed by atoms with E-state index in [1.54, 1.807) is 0 Å². The fraction of sp³-hybridized carbons (Fsp3) is 0.611. The van der Waals surface area contributed by atoms with Gasteiger partial charge in [-0.15, -0.1) is 0 Å². The van der Waals surface area contributed by atoms with Gasteiger partial charge >= 0.3 is 0 Å². The highest BCUT2D eigenvalue weighted by molar-refractivity contribution is 5.82. The van der Waals surface area contributed by atoms with Crippen molar-refractivity contribution in [2.24, 2.45) is 0 Å². The number of hydrogen-bond acceptors (Lipinski definition) is 2. The van der Waals surface area contributed by atoms with Crippen molar-refractivity contribution in [2.75, 3.05) is 7.05 Å². The summed E-state index contributed by atoms with van der Waals surface area (Å²) in [6, 6.07) is 6.38. The second kappa shape index (κ2) is 6.53. The lowest BCUT2D eigenvalue weighted by Gasteiger charge is -2.36. The Hall–Kier alpha value is -1.15. The summed E-state index contributed by atoms with van der Waals surface area (Å²) < 4.78 is 0. The van der Waals surface area contributed by atoms with Crippen LogP contribution in [-0.4, -0.2) is 18.4 Å². The van der Waals surface area contributed by atoms with E-state index in [1.807, 2.05) is 7.05 Å². The average molecular weight is 273 g/mol. The Labute approximate surface area is 123 Å². The van der Waals surface area contributed by atoms with Crippen molar-refractivity contribution in [3.05, 3.63) is 34.9 Å². The van der Waals surface area contributed by atoms with Crippen LogP contribution in [0.1, 0.15) is 55.2 Å². The molecule has 0 heterocycles. The third-order valence-electron chi connectivity index (χ3n) is 4.77. The fourth-order valence-corrected chi connectivity index (χ4v) is 3.39. The lowest BCUT2D eigenvalue weighted by molar-refractivity contribution is -0.120. The number of ketones is 1. The average Bonchev–Trinajstić information content (AvgIpc) is 2.44. The van der Waals surface area contributed by atoms with Crippen LogP contribution in [0.25, 0.3) is 0 Å². The lowest BCUT2D eigenvalue weighted by atomic mass is 9.77.